The Morgan fingerprint density at radius 2 is 2.20 bits per heavy atom. The minimum absolute atomic E-state index is 0.170. The zero-order valence-corrected chi connectivity index (χ0v) is 15.9. The molecule has 0 spiro atoms. The molecule has 1 aromatic heterocycles. The summed E-state index contributed by atoms with van der Waals surface area (Å²) in [5.74, 6) is -0.103. The van der Waals surface area contributed by atoms with Crippen LogP contribution in [-0.2, 0) is 21.4 Å². The lowest BCUT2D eigenvalue weighted by Gasteiger charge is -2.25. The van der Waals surface area contributed by atoms with E-state index in [1.165, 1.54) is 22.9 Å². The highest BCUT2D eigenvalue weighted by molar-refractivity contribution is 8.04. The van der Waals surface area contributed by atoms with Gasteiger partial charge in [-0.1, -0.05) is 24.6 Å². The van der Waals surface area contributed by atoms with E-state index in [-0.39, 0.29) is 23.5 Å². The van der Waals surface area contributed by atoms with Crippen molar-refractivity contribution in [2.45, 2.75) is 43.0 Å². The lowest BCUT2D eigenvalue weighted by Crippen LogP contribution is -2.27. The smallest absolute Gasteiger partial charge is 0.336 e. The van der Waals surface area contributed by atoms with Crippen molar-refractivity contribution in [2.24, 2.45) is 13.0 Å². The number of carbonyl (C=O) groups is 2. The zero-order chi connectivity index (χ0) is 17.8. The number of amides is 1. The highest BCUT2D eigenvalue weighted by atomic mass is 32.2. The van der Waals surface area contributed by atoms with E-state index in [2.05, 4.69) is 20.8 Å². The summed E-state index contributed by atoms with van der Waals surface area (Å²) < 4.78 is 6.74. The van der Waals surface area contributed by atoms with Crippen molar-refractivity contribution in [1.29, 1.82) is 0 Å². The van der Waals surface area contributed by atoms with Crippen LogP contribution in [0.4, 0.5) is 0 Å². The summed E-state index contributed by atoms with van der Waals surface area (Å²) in [5.41, 5.74) is 0.648. The van der Waals surface area contributed by atoms with Gasteiger partial charge in [0.1, 0.15) is 0 Å². The lowest BCUT2D eigenvalue weighted by atomic mass is 9.84. The van der Waals surface area contributed by atoms with Gasteiger partial charge in [-0.3, -0.25) is 4.79 Å². The fraction of sp³-hybridized carbons (Fsp3) is 0.667. The van der Waals surface area contributed by atoms with Crippen LogP contribution in [0.3, 0.4) is 0 Å². The van der Waals surface area contributed by atoms with Gasteiger partial charge < -0.3 is 10.1 Å². The molecule has 1 N–H and O–H groups in total. The molecule has 10 heteroatoms. The van der Waals surface area contributed by atoms with Crippen LogP contribution in [0.1, 0.15) is 32.6 Å². The van der Waals surface area contributed by atoms with Gasteiger partial charge in [-0.2, -0.15) is 0 Å². The SMILES string of the molecule is CCOC(=O)C1=C(NC(=O)CSc2nnnn2C)S[C@H]2CCCC[C@H]12. The third-order valence-electron chi connectivity index (χ3n) is 4.25. The molecule has 2 atom stereocenters. The second-order valence-electron chi connectivity index (χ2n) is 5.93. The molecule has 25 heavy (non-hydrogen) atoms. The molecule has 1 aliphatic carbocycles. The van der Waals surface area contributed by atoms with Crippen LogP contribution in [0.5, 0.6) is 0 Å². The van der Waals surface area contributed by atoms with Crippen molar-refractivity contribution in [3.8, 4) is 0 Å². The Morgan fingerprint density at radius 3 is 2.92 bits per heavy atom. The van der Waals surface area contributed by atoms with E-state index in [0.29, 0.717) is 27.6 Å². The molecule has 136 valence electrons. The molecule has 3 rings (SSSR count). The monoisotopic (exact) mass is 383 g/mol. The maximum Gasteiger partial charge on any atom is 0.336 e. The van der Waals surface area contributed by atoms with Gasteiger partial charge in [0.2, 0.25) is 11.1 Å². The number of esters is 1. The molecular weight excluding hydrogens is 362 g/mol. The molecule has 0 aromatic carbocycles. The predicted molar refractivity (Wildman–Crippen MR) is 94.7 cm³/mol. The summed E-state index contributed by atoms with van der Waals surface area (Å²) in [6, 6.07) is 0. The third-order valence-corrected chi connectivity index (χ3v) is 6.68. The summed E-state index contributed by atoms with van der Waals surface area (Å²) in [7, 11) is 1.72. The molecule has 1 saturated carbocycles. The number of thioether (sulfide) groups is 2. The summed E-state index contributed by atoms with van der Waals surface area (Å²) >= 11 is 2.86. The average Bonchev–Trinajstić information content (AvgIpc) is 3.16. The zero-order valence-electron chi connectivity index (χ0n) is 14.2. The maximum atomic E-state index is 12.4. The van der Waals surface area contributed by atoms with Gasteiger partial charge in [-0.15, -0.1) is 16.9 Å². The summed E-state index contributed by atoms with van der Waals surface area (Å²) in [6.45, 7) is 2.13. The van der Waals surface area contributed by atoms with E-state index in [1.54, 1.807) is 25.7 Å². The van der Waals surface area contributed by atoms with Gasteiger partial charge in [0.25, 0.3) is 0 Å². The molecule has 8 nitrogen and oxygen atoms in total. The molecule has 0 unspecified atom stereocenters. The minimum atomic E-state index is -0.301. The largest absolute Gasteiger partial charge is 0.463 e. The van der Waals surface area contributed by atoms with Gasteiger partial charge in [-0.25, -0.2) is 9.48 Å². The van der Waals surface area contributed by atoms with Gasteiger partial charge in [-0.05, 0) is 30.2 Å². The first kappa shape index (κ1) is 18.2. The van der Waals surface area contributed by atoms with Crippen molar-refractivity contribution in [3.63, 3.8) is 0 Å². The van der Waals surface area contributed by atoms with Crippen molar-refractivity contribution < 1.29 is 14.3 Å². The van der Waals surface area contributed by atoms with E-state index in [0.717, 1.165) is 19.3 Å². The number of rotatable bonds is 6. The van der Waals surface area contributed by atoms with Crippen LogP contribution in [0.15, 0.2) is 15.8 Å². The Balaban J connectivity index is 1.68. The van der Waals surface area contributed by atoms with Gasteiger partial charge in [0.05, 0.1) is 23.0 Å². The molecule has 2 heterocycles. The molecule has 1 aliphatic heterocycles. The van der Waals surface area contributed by atoms with Gasteiger partial charge in [0.15, 0.2) is 0 Å². The van der Waals surface area contributed by atoms with Crippen LogP contribution in [0.25, 0.3) is 0 Å². The fourth-order valence-corrected chi connectivity index (χ4v) is 5.35. The number of carbonyl (C=O) groups excluding carboxylic acids is 2. The molecule has 2 aliphatic rings. The van der Waals surface area contributed by atoms with E-state index < -0.39 is 0 Å². The maximum absolute atomic E-state index is 12.4. The Morgan fingerprint density at radius 1 is 1.40 bits per heavy atom. The number of hydrogen-bond donors (Lipinski definition) is 1. The Hall–Kier alpha value is -1.55. The van der Waals surface area contributed by atoms with Gasteiger partial charge >= 0.3 is 5.97 Å². The van der Waals surface area contributed by atoms with Crippen molar-refractivity contribution >= 4 is 35.4 Å². The van der Waals surface area contributed by atoms with E-state index >= 15 is 0 Å². The first-order valence-electron chi connectivity index (χ1n) is 8.33. The molecular formula is C15H21N5O3S2. The normalized spacial score (nSPS) is 22.6. The number of aromatic nitrogens is 4. The Bertz CT molecular complexity index is 690. The highest BCUT2D eigenvalue weighted by Gasteiger charge is 2.41. The molecule has 0 bridgehead atoms. The number of fused-ring (bicyclic) bond motifs is 1. The summed E-state index contributed by atoms with van der Waals surface area (Å²) in [6.07, 6.45) is 4.32. The highest BCUT2D eigenvalue weighted by Crippen LogP contribution is 2.48. The summed E-state index contributed by atoms with van der Waals surface area (Å²) in [4.78, 5) is 24.7. The minimum Gasteiger partial charge on any atom is -0.463 e. The number of tetrazole rings is 1. The van der Waals surface area contributed by atoms with E-state index in [1.807, 2.05) is 0 Å². The number of aryl methyl sites for hydroxylation is 1. The van der Waals surface area contributed by atoms with Crippen LogP contribution in [0, 0.1) is 5.92 Å². The van der Waals surface area contributed by atoms with Crippen LogP contribution < -0.4 is 5.32 Å². The molecule has 0 saturated heterocycles. The second kappa shape index (κ2) is 8.22. The van der Waals surface area contributed by atoms with E-state index in [4.69, 9.17) is 4.74 Å². The van der Waals surface area contributed by atoms with E-state index in [9.17, 15) is 9.59 Å². The number of ether oxygens (including phenoxy) is 1. The molecule has 1 aromatic rings. The van der Waals surface area contributed by atoms with Gasteiger partial charge in [0, 0.05) is 18.2 Å². The van der Waals surface area contributed by atoms with Crippen molar-refractivity contribution in [2.75, 3.05) is 12.4 Å². The molecule has 0 radical (unpaired) electrons. The molecule has 1 amide bonds. The molecule has 1 fully saturated rings. The Labute approximate surface area is 154 Å². The standard InChI is InChI=1S/C15H21N5O3S2/c1-3-23-14(22)12-9-6-4-5-7-10(9)25-13(12)16-11(21)8-24-15-17-18-19-20(15)2/h9-10H,3-8H2,1-2H3,(H,16,21)/t9-,10-/m0/s1. The lowest BCUT2D eigenvalue weighted by molar-refractivity contribution is -0.139. The number of nitrogens with one attached hydrogen (secondary N) is 1. The summed E-state index contributed by atoms with van der Waals surface area (Å²) in [5, 5.41) is 15.6. The van der Waals surface area contributed by atoms with Crippen LogP contribution in [-0.4, -0.2) is 49.7 Å². The van der Waals surface area contributed by atoms with Crippen molar-refractivity contribution in [3.05, 3.63) is 10.6 Å². The first-order valence-corrected chi connectivity index (χ1v) is 10.2. The number of nitrogens with zero attached hydrogens (tertiary/aromatic N) is 4. The first-order chi connectivity index (χ1) is 12.1. The third kappa shape index (κ3) is 4.17. The second-order valence-corrected chi connectivity index (χ2v) is 8.12. The van der Waals surface area contributed by atoms with Crippen LogP contribution in [0.2, 0.25) is 0 Å². The topological polar surface area (TPSA) is 99.0 Å². The van der Waals surface area contributed by atoms with Crippen molar-refractivity contribution in [1.82, 2.24) is 25.5 Å². The fourth-order valence-electron chi connectivity index (χ4n) is 3.14. The Kier molecular flexibility index (Phi) is 6.00. The van der Waals surface area contributed by atoms with Crippen LogP contribution >= 0.6 is 23.5 Å². The number of hydrogen-bond acceptors (Lipinski definition) is 8. The average molecular weight is 383 g/mol. The quantitative estimate of drug-likeness (QED) is 0.583. The predicted octanol–water partition coefficient (Wildman–Crippen LogP) is 1.50.